The topological polar surface area (TPSA) is 56.7 Å². The van der Waals surface area contributed by atoms with Gasteiger partial charge in [0.15, 0.2) is 11.5 Å². The Balaban J connectivity index is 2.38. The summed E-state index contributed by atoms with van der Waals surface area (Å²) in [7, 11) is 0. The summed E-state index contributed by atoms with van der Waals surface area (Å²) in [6, 6.07) is 3.23. The van der Waals surface area contributed by atoms with E-state index in [0.717, 1.165) is 6.07 Å². The summed E-state index contributed by atoms with van der Waals surface area (Å²) >= 11 is 11.7. The molecule has 102 valence electrons. The van der Waals surface area contributed by atoms with Gasteiger partial charge in [-0.15, -0.1) is 0 Å². The van der Waals surface area contributed by atoms with Crippen LogP contribution in [0.1, 0.15) is 0 Å². The molecule has 8 heteroatoms. The van der Waals surface area contributed by atoms with E-state index in [-0.39, 0.29) is 22.3 Å². The summed E-state index contributed by atoms with van der Waals surface area (Å²) in [5.41, 5.74) is 6.31. The molecule has 2 N–H and O–H groups in total. The van der Waals surface area contributed by atoms with Gasteiger partial charge in [-0.3, -0.25) is 4.57 Å². The first-order chi connectivity index (χ1) is 9.47. The third kappa shape index (κ3) is 1.97. The molecule has 0 amide bonds. The van der Waals surface area contributed by atoms with Gasteiger partial charge in [-0.1, -0.05) is 23.2 Å². The van der Waals surface area contributed by atoms with Gasteiger partial charge in [0.05, 0.1) is 10.0 Å². The Labute approximate surface area is 121 Å². The van der Waals surface area contributed by atoms with Crippen LogP contribution in [0, 0.1) is 11.6 Å². The van der Waals surface area contributed by atoms with E-state index in [1.807, 2.05) is 0 Å². The lowest BCUT2D eigenvalue weighted by atomic mass is 10.3. The highest BCUT2D eigenvalue weighted by molar-refractivity contribution is 6.32. The average Bonchev–Trinajstić information content (AvgIpc) is 2.64. The molecule has 4 nitrogen and oxygen atoms in total. The molecule has 3 aromatic rings. The standard InChI is InChI=1S/C12H6Cl2F2N4/c13-5-1-9-11(18-4-5)20(12(17)19-9)10-7(14)2-6(15)3-8(10)16/h1-4H,(H2,17,19). The average molecular weight is 315 g/mol. The number of aromatic nitrogens is 3. The summed E-state index contributed by atoms with van der Waals surface area (Å²) in [4.78, 5) is 8.08. The second kappa shape index (κ2) is 4.57. The number of nitrogens with two attached hydrogens (primary N) is 1. The molecule has 0 aliphatic carbocycles. The van der Waals surface area contributed by atoms with Crippen molar-refractivity contribution in [2.24, 2.45) is 0 Å². The van der Waals surface area contributed by atoms with Gasteiger partial charge in [0.2, 0.25) is 5.95 Å². The molecule has 2 heterocycles. The van der Waals surface area contributed by atoms with Crippen LogP contribution in [0.2, 0.25) is 10.0 Å². The minimum atomic E-state index is -0.863. The number of hydrogen-bond acceptors (Lipinski definition) is 3. The van der Waals surface area contributed by atoms with Gasteiger partial charge in [0.1, 0.15) is 17.0 Å². The molecule has 0 saturated carbocycles. The van der Waals surface area contributed by atoms with Crippen LogP contribution in [-0.2, 0) is 0 Å². The first-order valence-electron chi connectivity index (χ1n) is 5.42. The van der Waals surface area contributed by atoms with E-state index in [0.29, 0.717) is 16.6 Å². The fourth-order valence-electron chi connectivity index (χ4n) is 1.93. The Bertz CT molecular complexity index is 809. The van der Waals surface area contributed by atoms with Crippen molar-refractivity contribution in [3.63, 3.8) is 0 Å². The number of anilines is 1. The second-order valence-electron chi connectivity index (χ2n) is 4.02. The molecule has 0 radical (unpaired) electrons. The minimum absolute atomic E-state index is 0.0258. The molecule has 0 aliphatic rings. The lowest BCUT2D eigenvalue weighted by molar-refractivity contribution is 0.579. The monoisotopic (exact) mass is 314 g/mol. The zero-order valence-electron chi connectivity index (χ0n) is 9.74. The fourth-order valence-corrected chi connectivity index (χ4v) is 2.36. The number of halogens is 4. The SMILES string of the molecule is Nc1nc2cc(Cl)cnc2n1-c1c(F)cc(F)cc1Cl. The zero-order chi connectivity index (χ0) is 14.4. The number of rotatable bonds is 1. The number of nitrogen functional groups attached to an aromatic ring is 1. The molecule has 1 aromatic carbocycles. The molecule has 0 atom stereocenters. The van der Waals surface area contributed by atoms with Gasteiger partial charge in [-0.05, 0) is 12.1 Å². The maximum atomic E-state index is 14.0. The molecule has 0 fully saturated rings. The molecule has 20 heavy (non-hydrogen) atoms. The van der Waals surface area contributed by atoms with Crippen molar-refractivity contribution >= 4 is 40.3 Å². The smallest absolute Gasteiger partial charge is 0.207 e. The van der Waals surface area contributed by atoms with Gasteiger partial charge < -0.3 is 5.73 Å². The van der Waals surface area contributed by atoms with Crippen LogP contribution < -0.4 is 5.73 Å². The molecule has 3 rings (SSSR count). The van der Waals surface area contributed by atoms with Crippen molar-refractivity contribution in [1.82, 2.24) is 14.5 Å². The third-order valence-electron chi connectivity index (χ3n) is 2.70. The maximum Gasteiger partial charge on any atom is 0.207 e. The number of hydrogen-bond donors (Lipinski definition) is 1. The van der Waals surface area contributed by atoms with E-state index in [2.05, 4.69) is 9.97 Å². The number of nitrogens with zero attached hydrogens (tertiary/aromatic N) is 3. The van der Waals surface area contributed by atoms with Crippen LogP contribution in [0.15, 0.2) is 24.4 Å². The highest BCUT2D eigenvalue weighted by Crippen LogP contribution is 2.30. The molecule has 0 saturated heterocycles. The van der Waals surface area contributed by atoms with E-state index >= 15 is 0 Å². The number of benzene rings is 1. The maximum absolute atomic E-state index is 14.0. The van der Waals surface area contributed by atoms with E-state index in [4.69, 9.17) is 28.9 Å². The molecule has 0 unspecified atom stereocenters. The van der Waals surface area contributed by atoms with Gasteiger partial charge in [-0.2, -0.15) is 0 Å². The van der Waals surface area contributed by atoms with Gasteiger partial charge in [0.25, 0.3) is 0 Å². The number of fused-ring (bicyclic) bond motifs is 1. The van der Waals surface area contributed by atoms with Crippen molar-refractivity contribution in [1.29, 1.82) is 0 Å². The Kier molecular flexibility index (Phi) is 2.99. The van der Waals surface area contributed by atoms with Crippen LogP contribution in [-0.4, -0.2) is 14.5 Å². The van der Waals surface area contributed by atoms with Gasteiger partial charge in [0, 0.05) is 12.3 Å². The van der Waals surface area contributed by atoms with Crippen molar-refractivity contribution in [2.75, 3.05) is 5.73 Å². The van der Waals surface area contributed by atoms with Crippen molar-refractivity contribution in [3.05, 3.63) is 46.1 Å². The summed E-state index contributed by atoms with van der Waals surface area (Å²) < 4.78 is 28.3. The zero-order valence-corrected chi connectivity index (χ0v) is 11.3. The quantitative estimate of drug-likeness (QED) is 0.746. The van der Waals surface area contributed by atoms with Crippen LogP contribution >= 0.6 is 23.2 Å². The first-order valence-corrected chi connectivity index (χ1v) is 6.17. The van der Waals surface area contributed by atoms with E-state index < -0.39 is 11.6 Å². The Morgan fingerprint density at radius 2 is 1.90 bits per heavy atom. The Morgan fingerprint density at radius 1 is 1.15 bits per heavy atom. The van der Waals surface area contributed by atoms with Gasteiger partial charge >= 0.3 is 0 Å². The van der Waals surface area contributed by atoms with Gasteiger partial charge in [-0.25, -0.2) is 18.7 Å². The fraction of sp³-hybridized carbons (Fsp3) is 0. The minimum Gasteiger partial charge on any atom is -0.369 e. The molecular formula is C12H6Cl2F2N4. The molecule has 2 aromatic heterocycles. The summed E-state index contributed by atoms with van der Waals surface area (Å²) in [5.74, 6) is -1.67. The molecule has 0 spiro atoms. The van der Waals surface area contributed by atoms with Crippen molar-refractivity contribution < 1.29 is 8.78 Å². The predicted octanol–water partition coefficient (Wildman–Crippen LogP) is 3.59. The van der Waals surface area contributed by atoms with E-state index in [9.17, 15) is 8.78 Å². The number of pyridine rings is 1. The summed E-state index contributed by atoms with van der Waals surface area (Å²) in [6.45, 7) is 0. The van der Waals surface area contributed by atoms with Crippen molar-refractivity contribution in [2.45, 2.75) is 0 Å². The lowest BCUT2D eigenvalue weighted by Gasteiger charge is -2.09. The van der Waals surface area contributed by atoms with E-state index in [1.165, 1.54) is 16.8 Å². The number of imidazole rings is 1. The Morgan fingerprint density at radius 3 is 2.60 bits per heavy atom. The normalized spacial score (nSPS) is 11.2. The second-order valence-corrected chi connectivity index (χ2v) is 4.86. The Hall–Kier alpha value is -1.92. The van der Waals surface area contributed by atoms with Crippen LogP contribution in [0.4, 0.5) is 14.7 Å². The molecule has 0 aliphatic heterocycles. The van der Waals surface area contributed by atoms with Crippen LogP contribution in [0.25, 0.3) is 16.9 Å². The summed E-state index contributed by atoms with van der Waals surface area (Å²) in [5, 5.41) is 0.234. The highest BCUT2D eigenvalue weighted by Gasteiger charge is 2.19. The first kappa shape index (κ1) is 13.1. The van der Waals surface area contributed by atoms with E-state index in [1.54, 1.807) is 0 Å². The predicted molar refractivity (Wildman–Crippen MR) is 73.2 cm³/mol. The summed E-state index contributed by atoms with van der Waals surface area (Å²) in [6.07, 6.45) is 1.37. The van der Waals surface area contributed by atoms with Crippen LogP contribution in [0.5, 0.6) is 0 Å². The highest BCUT2D eigenvalue weighted by atomic mass is 35.5. The van der Waals surface area contributed by atoms with Crippen molar-refractivity contribution in [3.8, 4) is 5.69 Å². The largest absolute Gasteiger partial charge is 0.369 e. The van der Waals surface area contributed by atoms with Crippen LogP contribution in [0.3, 0.4) is 0 Å². The molecular weight excluding hydrogens is 309 g/mol. The molecule has 0 bridgehead atoms. The lowest BCUT2D eigenvalue weighted by Crippen LogP contribution is -2.05. The third-order valence-corrected chi connectivity index (χ3v) is 3.19.